The molecule has 1 atom stereocenters. The third-order valence-corrected chi connectivity index (χ3v) is 3.57. The topological polar surface area (TPSA) is 72.2 Å². The van der Waals surface area contributed by atoms with Crippen LogP contribution < -0.4 is 11.1 Å². The van der Waals surface area contributed by atoms with Crippen LogP contribution in [-0.2, 0) is 9.59 Å². The molecule has 118 valence electrons. The molecule has 2 amide bonds. The molecule has 0 bridgehead atoms. The fourth-order valence-electron chi connectivity index (χ4n) is 1.96. The molecular weight excluding hydrogens is 363 g/mol. The van der Waals surface area contributed by atoms with Crippen molar-refractivity contribution in [2.75, 3.05) is 0 Å². The van der Waals surface area contributed by atoms with E-state index in [2.05, 4.69) is 21.2 Å². The zero-order valence-electron chi connectivity index (χ0n) is 12.0. The number of benzene rings is 2. The van der Waals surface area contributed by atoms with Gasteiger partial charge in [-0.25, -0.2) is 4.39 Å². The van der Waals surface area contributed by atoms with E-state index in [1.54, 1.807) is 42.5 Å². The van der Waals surface area contributed by atoms with E-state index in [9.17, 15) is 14.0 Å². The molecular formula is C17H14BrFN2O2. The third-order valence-electron chi connectivity index (χ3n) is 3.08. The number of hydrogen-bond acceptors (Lipinski definition) is 2. The maximum absolute atomic E-state index is 13.6. The van der Waals surface area contributed by atoms with Crippen LogP contribution in [0.3, 0.4) is 0 Å². The summed E-state index contributed by atoms with van der Waals surface area (Å²) < 4.78 is 14.3. The average molecular weight is 377 g/mol. The molecule has 3 N–H and O–H groups in total. The Labute approximate surface area is 141 Å². The van der Waals surface area contributed by atoms with Crippen LogP contribution in [0.2, 0.25) is 0 Å². The first-order valence-electron chi connectivity index (χ1n) is 6.75. The lowest BCUT2D eigenvalue weighted by Crippen LogP contribution is -2.36. The fraction of sp³-hybridized carbons (Fsp3) is 0.0588. The van der Waals surface area contributed by atoms with Gasteiger partial charge in [0.05, 0.1) is 0 Å². The van der Waals surface area contributed by atoms with Gasteiger partial charge < -0.3 is 11.1 Å². The average Bonchev–Trinajstić information content (AvgIpc) is 2.54. The molecule has 2 rings (SSSR count). The first kappa shape index (κ1) is 16.9. The summed E-state index contributed by atoms with van der Waals surface area (Å²) in [6.45, 7) is 0. The van der Waals surface area contributed by atoms with Gasteiger partial charge in [0.2, 0.25) is 11.8 Å². The second kappa shape index (κ2) is 7.69. The number of halogens is 2. The van der Waals surface area contributed by atoms with Crippen molar-refractivity contribution in [2.24, 2.45) is 5.73 Å². The van der Waals surface area contributed by atoms with Gasteiger partial charge in [-0.15, -0.1) is 0 Å². The van der Waals surface area contributed by atoms with Crippen LogP contribution in [0.1, 0.15) is 17.2 Å². The number of hydrogen-bond donors (Lipinski definition) is 2. The maximum Gasteiger partial charge on any atom is 0.244 e. The van der Waals surface area contributed by atoms with Crippen LogP contribution in [0.4, 0.5) is 4.39 Å². The summed E-state index contributed by atoms with van der Waals surface area (Å²) in [6.07, 6.45) is 2.49. The predicted molar refractivity (Wildman–Crippen MR) is 89.7 cm³/mol. The minimum Gasteiger partial charge on any atom is -0.368 e. The number of carbonyl (C=O) groups excluding carboxylic acids is 2. The molecule has 0 saturated carbocycles. The van der Waals surface area contributed by atoms with Crippen molar-refractivity contribution >= 4 is 33.8 Å². The zero-order valence-corrected chi connectivity index (χ0v) is 13.6. The molecule has 0 aliphatic heterocycles. The molecule has 0 aliphatic carbocycles. The highest BCUT2D eigenvalue weighted by atomic mass is 79.9. The Morgan fingerprint density at radius 3 is 2.52 bits per heavy atom. The van der Waals surface area contributed by atoms with Gasteiger partial charge in [-0.3, -0.25) is 9.59 Å². The van der Waals surface area contributed by atoms with E-state index in [-0.39, 0.29) is 5.56 Å². The number of primary amides is 1. The summed E-state index contributed by atoms with van der Waals surface area (Å²) >= 11 is 3.23. The molecule has 23 heavy (non-hydrogen) atoms. The Morgan fingerprint density at radius 1 is 1.17 bits per heavy atom. The van der Waals surface area contributed by atoms with E-state index in [0.29, 0.717) is 10.0 Å². The van der Waals surface area contributed by atoms with Crippen molar-refractivity contribution in [3.05, 3.63) is 76.0 Å². The molecule has 0 heterocycles. The van der Waals surface area contributed by atoms with Crippen LogP contribution >= 0.6 is 15.9 Å². The maximum atomic E-state index is 13.6. The van der Waals surface area contributed by atoms with E-state index >= 15 is 0 Å². The quantitative estimate of drug-likeness (QED) is 0.787. The van der Waals surface area contributed by atoms with Crippen LogP contribution in [-0.4, -0.2) is 11.8 Å². The Kier molecular flexibility index (Phi) is 5.65. The van der Waals surface area contributed by atoms with Crippen molar-refractivity contribution in [3.63, 3.8) is 0 Å². The Bertz CT molecular complexity index is 748. The first-order chi connectivity index (χ1) is 11.0. The van der Waals surface area contributed by atoms with E-state index in [1.165, 1.54) is 12.1 Å². The number of amides is 2. The van der Waals surface area contributed by atoms with E-state index in [1.807, 2.05) is 0 Å². The lowest BCUT2D eigenvalue weighted by atomic mass is 10.1. The summed E-state index contributed by atoms with van der Waals surface area (Å²) in [5.74, 6) is -1.67. The normalized spacial score (nSPS) is 12.1. The van der Waals surface area contributed by atoms with Crippen molar-refractivity contribution in [3.8, 4) is 0 Å². The van der Waals surface area contributed by atoms with Crippen LogP contribution in [0.25, 0.3) is 6.08 Å². The molecule has 6 heteroatoms. The first-order valence-corrected chi connectivity index (χ1v) is 7.54. The molecule has 4 nitrogen and oxygen atoms in total. The van der Waals surface area contributed by atoms with Crippen LogP contribution in [0, 0.1) is 5.82 Å². The lowest BCUT2D eigenvalue weighted by molar-refractivity contribution is -0.125. The molecule has 0 radical (unpaired) electrons. The summed E-state index contributed by atoms with van der Waals surface area (Å²) in [5.41, 5.74) is 6.16. The highest BCUT2D eigenvalue weighted by Crippen LogP contribution is 2.17. The standard InChI is InChI=1S/C17H14BrFN2O2/c18-13-7-8-14(19)12(10-13)6-9-15(22)21-16(17(20)23)11-4-2-1-3-5-11/h1-10,16H,(H2,20,23)(H,21,22)/b9-6+. The number of nitrogens with two attached hydrogens (primary N) is 1. The predicted octanol–water partition coefficient (Wildman–Crippen LogP) is 2.94. The molecule has 0 aromatic heterocycles. The van der Waals surface area contributed by atoms with E-state index < -0.39 is 23.7 Å². The van der Waals surface area contributed by atoms with Gasteiger partial charge in [0, 0.05) is 16.1 Å². The Hall–Kier alpha value is -2.47. The molecule has 2 aromatic rings. The number of carbonyl (C=O) groups is 2. The van der Waals surface area contributed by atoms with Gasteiger partial charge in [-0.1, -0.05) is 46.3 Å². The van der Waals surface area contributed by atoms with Gasteiger partial charge in [-0.05, 0) is 29.8 Å². The van der Waals surface area contributed by atoms with Gasteiger partial charge in [0.1, 0.15) is 11.9 Å². The summed E-state index contributed by atoms with van der Waals surface area (Å²) in [4.78, 5) is 23.5. The Balaban J connectivity index is 2.12. The zero-order chi connectivity index (χ0) is 16.8. The van der Waals surface area contributed by atoms with Crippen molar-refractivity contribution < 1.29 is 14.0 Å². The van der Waals surface area contributed by atoms with Crippen molar-refractivity contribution in [1.82, 2.24) is 5.32 Å². The highest BCUT2D eigenvalue weighted by molar-refractivity contribution is 9.10. The smallest absolute Gasteiger partial charge is 0.244 e. The van der Waals surface area contributed by atoms with Crippen LogP contribution in [0.15, 0.2) is 59.1 Å². The van der Waals surface area contributed by atoms with Gasteiger partial charge in [-0.2, -0.15) is 0 Å². The number of rotatable bonds is 5. The molecule has 1 unspecified atom stereocenters. The van der Waals surface area contributed by atoms with Gasteiger partial charge in [0.25, 0.3) is 0 Å². The molecule has 2 aromatic carbocycles. The van der Waals surface area contributed by atoms with Gasteiger partial charge in [0.15, 0.2) is 0 Å². The monoisotopic (exact) mass is 376 g/mol. The van der Waals surface area contributed by atoms with Crippen LogP contribution in [0.5, 0.6) is 0 Å². The minimum absolute atomic E-state index is 0.255. The van der Waals surface area contributed by atoms with Crippen molar-refractivity contribution in [1.29, 1.82) is 0 Å². The third kappa shape index (κ3) is 4.75. The molecule has 0 aliphatic rings. The second-order valence-corrected chi connectivity index (χ2v) is 5.67. The summed E-state index contributed by atoms with van der Waals surface area (Å²) in [7, 11) is 0. The second-order valence-electron chi connectivity index (χ2n) is 4.75. The lowest BCUT2D eigenvalue weighted by Gasteiger charge is -2.14. The van der Waals surface area contributed by atoms with Crippen molar-refractivity contribution in [2.45, 2.75) is 6.04 Å². The molecule has 0 saturated heterocycles. The highest BCUT2D eigenvalue weighted by Gasteiger charge is 2.18. The SMILES string of the molecule is NC(=O)C(NC(=O)/C=C/c1cc(Br)ccc1F)c1ccccc1. The number of nitrogens with one attached hydrogen (secondary N) is 1. The minimum atomic E-state index is -0.944. The van der Waals surface area contributed by atoms with E-state index in [0.717, 1.165) is 6.08 Å². The largest absolute Gasteiger partial charge is 0.368 e. The summed E-state index contributed by atoms with van der Waals surface area (Å²) in [6, 6.07) is 12.1. The van der Waals surface area contributed by atoms with Gasteiger partial charge >= 0.3 is 0 Å². The summed E-state index contributed by atoms with van der Waals surface area (Å²) in [5, 5.41) is 2.50. The van der Waals surface area contributed by atoms with E-state index in [4.69, 9.17) is 5.73 Å². The molecule has 0 spiro atoms. The molecule has 0 fully saturated rings. The fourth-order valence-corrected chi connectivity index (χ4v) is 2.34. The Morgan fingerprint density at radius 2 is 1.87 bits per heavy atom.